The summed E-state index contributed by atoms with van der Waals surface area (Å²) in [5, 5.41) is 19.2. The molecule has 0 unspecified atom stereocenters. The summed E-state index contributed by atoms with van der Waals surface area (Å²) < 4.78 is 2.57. The van der Waals surface area contributed by atoms with Gasteiger partial charge in [-0.3, -0.25) is 5.10 Å². The van der Waals surface area contributed by atoms with Gasteiger partial charge in [0.25, 0.3) is 0 Å². The monoisotopic (exact) mass is 288 g/mol. The van der Waals surface area contributed by atoms with Crippen molar-refractivity contribution in [2.24, 2.45) is 0 Å². The second-order valence-electron chi connectivity index (χ2n) is 4.63. The van der Waals surface area contributed by atoms with Gasteiger partial charge >= 0.3 is 0 Å². The highest BCUT2D eigenvalue weighted by molar-refractivity contribution is 7.71. The number of rotatable bonds is 5. The van der Waals surface area contributed by atoms with Crippen molar-refractivity contribution in [3.63, 3.8) is 0 Å². The maximum Gasteiger partial charge on any atom is 0.195 e. The molecule has 20 heavy (non-hydrogen) atoms. The van der Waals surface area contributed by atoms with E-state index in [1.165, 1.54) is 0 Å². The third-order valence-electron chi connectivity index (χ3n) is 2.86. The van der Waals surface area contributed by atoms with Crippen LogP contribution in [0.15, 0.2) is 18.3 Å². The maximum absolute atomic E-state index is 9.00. The van der Waals surface area contributed by atoms with Crippen molar-refractivity contribution in [2.45, 2.75) is 26.3 Å². The van der Waals surface area contributed by atoms with Crippen molar-refractivity contribution in [1.82, 2.24) is 19.7 Å². The Morgan fingerprint density at radius 3 is 3.05 bits per heavy atom. The molecule has 0 amide bonds. The fourth-order valence-electron chi connectivity index (χ4n) is 1.91. The fraction of sp³-hybridized carbons (Fsp3) is 0.385. The Morgan fingerprint density at radius 1 is 1.55 bits per heavy atom. The molecule has 2 aromatic rings. The molecule has 0 aliphatic rings. The SMILES string of the molecule is CC(C)c1n[nH]c(=S)n1CCNc1ncccc1C#N. The number of nitrogens with zero attached hydrogens (tertiary/aromatic N) is 4. The lowest BCUT2D eigenvalue weighted by Gasteiger charge is -2.10. The standard InChI is InChI=1S/C13H16N6S/c1-9(2)12-17-18-13(20)19(12)7-6-16-11-10(8-14)4-3-5-15-11/h3-5,9H,6-7H2,1-2H3,(H,15,16)(H,18,20). The normalized spacial score (nSPS) is 10.5. The van der Waals surface area contributed by atoms with Crippen LogP contribution in [0.25, 0.3) is 0 Å². The summed E-state index contributed by atoms with van der Waals surface area (Å²) in [5.74, 6) is 1.82. The molecule has 0 fully saturated rings. The summed E-state index contributed by atoms with van der Waals surface area (Å²) in [4.78, 5) is 4.16. The quantitative estimate of drug-likeness (QED) is 0.826. The zero-order valence-electron chi connectivity index (χ0n) is 11.4. The minimum absolute atomic E-state index is 0.299. The van der Waals surface area contributed by atoms with Gasteiger partial charge < -0.3 is 9.88 Å². The van der Waals surface area contributed by atoms with E-state index in [4.69, 9.17) is 17.5 Å². The first-order chi connectivity index (χ1) is 9.63. The van der Waals surface area contributed by atoms with E-state index >= 15 is 0 Å². The molecule has 0 radical (unpaired) electrons. The average molecular weight is 288 g/mol. The first-order valence-electron chi connectivity index (χ1n) is 6.37. The number of nitriles is 1. The molecule has 0 saturated heterocycles. The lowest BCUT2D eigenvalue weighted by atomic mass is 10.2. The van der Waals surface area contributed by atoms with E-state index in [2.05, 4.69) is 40.4 Å². The van der Waals surface area contributed by atoms with Gasteiger partial charge in [0.2, 0.25) is 0 Å². The molecule has 0 bridgehead atoms. The van der Waals surface area contributed by atoms with Crippen LogP contribution >= 0.6 is 12.2 Å². The van der Waals surface area contributed by atoms with E-state index in [0.717, 1.165) is 5.82 Å². The summed E-state index contributed by atoms with van der Waals surface area (Å²) in [5.41, 5.74) is 0.535. The fourth-order valence-corrected chi connectivity index (χ4v) is 2.14. The summed E-state index contributed by atoms with van der Waals surface area (Å²) in [7, 11) is 0. The molecular weight excluding hydrogens is 272 g/mol. The number of nitrogens with one attached hydrogen (secondary N) is 2. The molecule has 104 valence electrons. The van der Waals surface area contributed by atoms with Gasteiger partial charge in [-0.2, -0.15) is 10.4 Å². The van der Waals surface area contributed by atoms with Gasteiger partial charge in [0.15, 0.2) is 4.77 Å². The van der Waals surface area contributed by atoms with Gasteiger partial charge in [-0.15, -0.1) is 0 Å². The molecule has 0 saturated carbocycles. The summed E-state index contributed by atoms with van der Waals surface area (Å²) >= 11 is 5.22. The van der Waals surface area contributed by atoms with E-state index in [1.54, 1.807) is 18.3 Å². The van der Waals surface area contributed by atoms with Crippen LogP contribution in [0.3, 0.4) is 0 Å². The Hall–Kier alpha value is -2.20. The number of hydrogen-bond acceptors (Lipinski definition) is 5. The average Bonchev–Trinajstić information content (AvgIpc) is 2.81. The Bertz CT molecular complexity index is 679. The van der Waals surface area contributed by atoms with Crippen LogP contribution in [0.4, 0.5) is 5.82 Å². The van der Waals surface area contributed by atoms with Crippen molar-refractivity contribution in [1.29, 1.82) is 5.26 Å². The van der Waals surface area contributed by atoms with Crippen molar-refractivity contribution in [3.8, 4) is 6.07 Å². The molecule has 2 aromatic heterocycles. The predicted molar refractivity (Wildman–Crippen MR) is 78.9 cm³/mol. The third kappa shape index (κ3) is 3.03. The van der Waals surface area contributed by atoms with Gasteiger partial charge in [0.1, 0.15) is 17.7 Å². The van der Waals surface area contributed by atoms with E-state index in [9.17, 15) is 0 Å². The molecule has 0 spiro atoms. The molecule has 2 heterocycles. The maximum atomic E-state index is 9.00. The lowest BCUT2D eigenvalue weighted by Crippen LogP contribution is -2.15. The van der Waals surface area contributed by atoms with Crippen molar-refractivity contribution in [2.75, 3.05) is 11.9 Å². The Kier molecular flexibility index (Phi) is 4.48. The largest absolute Gasteiger partial charge is 0.367 e. The molecule has 6 nitrogen and oxygen atoms in total. The van der Waals surface area contributed by atoms with Crippen molar-refractivity contribution < 1.29 is 0 Å². The Labute approximate surface area is 122 Å². The van der Waals surface area contributed by atoms with Crippen LogP contribution in [0.2, 0.25) is 0 Å². The van der Waals surface area contributed by atoms with Crippen LogP contribution < -0.4 is 5.32 Å². The molecule has 0 aromatic carbocycles. The summed E-state index contributed by atoms with van der Waals surface area (Å²) in [6.45, 7) is 5.44. The van der Waals surface area contributed by atoms with Gasteiger partial charge in [-0.05, 0) is 24.4 Å². The van der Waals surface area contributed by atoms with Gasteiger partial charge in [0.05, 0.1) is 5.56 Å². The van der Waals surface area contributed by atoms with E-state index in [1.807, 2.05) is 4.57 Å². The topological polar surface area (TPSA) is 82.3 Å². The Balaban J connectivity index is 2.06. The predicted octanol–water partition coefficient (Wildman–Crippen LogP) is 2.44. The van der Waals surface area contributed by atoms with E-state index in [0.29, 0.717) is 35.2 Å². The zero-order valence-corrected chi connectivity index (χ0v) is 12.2. The first kappa shape index (κ1) is 14.2. The van der Waals surface area contributed by atoms with Gasteiger partial charge in [-0.25, -0.2) is 4.98 Å². The minimum Gasteiger partial charge on any atom is -0.367 e. The first-order valence-corrected chi connectivity index (χ1v) is 6.78. The minimum atomic E-state index is 0.299. The number of anilines is 1. The van der Waals surface area contributed by atoms with Gasteiger partial charge in [-0.1, -0.05) is 13.8 Å². The van der Waals surface area contributed by atoms with E-state index in [-0.39, 0.29) is 0 Å². The van der Waals surface area contributed by atoms with Crippen LogP contribution in [-0.4, -0.2) is 26.3 Å². The number of aromatic nitrogens is 4. The number of aromatic amines is 1. The van der Waals surface area contributed by atoms with Crippen LogP contribution in [0, 0.1) is 16.1 Å². The van der Waals surface area contributed by atoms with Crippen molar-refractivity contribution >= 4 is 18.0 Å². The van der Waals surface area contributed by atoms with Gasteiger partial charge in [0, 0.05) is 25.2 Å². The zero-order chi connectivity index (χ0) is 14.5. The lowest BCUT2D eigenvalue weighted by molar-refractivity contribution is 0.631. The number of H-pyrrole nitrogens is 1. The number of pyridine rings is 1. The van der Waals surface area contributed by atoms with Crippen LogP contribution in [-0.2, 0) is 6.54 Å². The molecule has 2 rings (SSSR count). The van der Waals surface area contributed by atoms with E-state index < -0.39 is 0 Å². The molecule has 0 aliphatic heterocycles. The van der Waals surface area contributed by atoms with Crippen LogP contribution in [0.5, 0.6) is 0 Å². The molecule has 0 aliphatic carbocycles. The Morgan fingerprint density at radius 2 is 2.35 bits per heavy atom. The van der Waals surface area contributed by atoms with Crippen LogP contribution in [0.1, 0.15) is 31.2 Å². The molecular formula is C13H16N6S. The highest BCUT2D eigenvalue weighted by Gasteiger charge is 2.09. The smallest absolute Gasteiger partial charge is 0.195 e. The third-order valence-corrected chi connectivity index (χ3v) is 3.17. The summed E-state index contributed by atoms with van der Waals surface area (Å²) in [6.07, 6.45) is 1.66. The summed E-state index contributed by atoms with van der Waals surface area (Å²) in [6, 6.07) is 5.59. The second-order valence-corrected chi connectivity index (χ2v) is 5.02. The molecule has 7 heteroatoms. The van der Waals surface area contributed by atoms with Crippen molar-refractivity contribution in [3.05, 3.63) is 34.5 Å². The molecule has 0 atom stereocenters. The highest BCUT2D eigenvalue weighted by atomic mass is 32.1. The second kappa shape index (κ2) is 6.30. The number of hydrogen-bond donors (Lipinski definition) is 2. The molecule has 2 N–H and O–H groups in total. The highest BCUT2D eigenvalue weighted by Crippen LogP contribution is 2.12.